The van der Waals surface area contributed by atoms with Crippen molar-refractivity contribution in [2.45, 2.75) is 25.3 Å². The van der Waals surface area contributed by atoms with Crippen molar-refractivity contribution in [3.05, 3.63) is 59.7 Å². The Labute approximate surface area is 163 Å². The number of benzene rings is 1. The standard InChI is InChI=1S/C19H17F3N4O3/c20-13-9-12(10-14(21)17(13)22)26-18(28)15(25-19(26)29)4-5-16(27)24-8-6-11-3-1-2-7-23-11/h1-3,7,9-10,15H,4-6,8H2,(H,24,27)(H,25,29). The molecule has 2 aromatic rings. The Morgan fingerprint density at radius 2 is 1.90 bits per heavy atom. The molecule has 3 rings (SSSR count). The second kappa shape index (κ2) is 8.72. The average molecular weight is 406 g/mol. The molecule has 1 aromatic heterocycles. The van der Waals surface area contributed by atoms with Gasteiger partial charge in [-0.1, -0.05) is 6.07 Å². The van der Waals surface area contributed by atoms with Gasteiger partial charge in [-0.3, -0.25) is 14.6 Å². The van der Waals surface area contributed by atoms with E-state index in [0.717, 1.165) is 5.69 Å². The molecule has 0 bridgehead atoms. The topological polar surface area (TPSA) is 91.4 Å². The zero-order valence-electron chi connectivity index (χ0n) is 15.1. The first kappa shape index (κ1) is 20.3. The van der Waals surface area contributed by atoms with Gasteiger partial charge in [-0.25, -0.2) is 22.9 Å². The third-order valence-corrected chi connectivity index (χ3v) is 4.34. The van der Waals surface area contributed by atoms with E-state index >= 15 is 0 Å². The number of hydrogen-bond donors (Lipinski definition) is 2. The molecule has 29 heavy (non-hydrogen) atoms. The van der Waals surface area contributed by atoms with Crippen LogP contribution < -0.4 is 15.5 Å². The molecule has 7 nitrogen and oxygen atoms in total. The second-order valence-corrected chi connectivity index (χ2v) is 6.36. The van der Waals surface area contributed by atoms with Crippen LogP contribution in [0.5, 0.6) is 0 Å². The number of hydrogen-bond acceptors (Lipinski definition) is 4. The summed E-state index contributed by atoms with van der Waals surface area (Å²) in [4.78, 5) is 41.0. The molecule has 152 valence electrons. The summed E-state index contributed by atoms with van der Waals surface area (Å²) in [6.45, 7) is 0.362. The fourth-order valence-corrected chi connectivity index (χ4v) is 2.88. The van der Waals surface area contributed by atoms with Crippen molar-refractivity contribution in [1.29, 1.82) is 0 Å². The second-order valence-electron chi connectivity index (χ2n) is 6.36. The van der Waals surface area contributed by atoms with Gasteiger partial charge in [0.15, 0.2) is 17.5 Å². The van der Waals surface area contributed by atoms with Crippen molar-refractivity contribution >= 4 is 23.5 Å². The molecule has 1 saturated heterocycles. The monoisotopic (exact) mass is 406 g/mol. The van der Waals surface area contributed by atoms with Gasteiger partial charge in [-0.2, -0.15) is 0 Å². The molecule has 1 aromatic carbocycles. The lowest BCUT2D eigenvalue weighted by Gasteiger charge is -2.13. The number of nitrogens with zero attached hydrogens (tertiary/aromatic N) is 2. The summed E-state index contributed by atoms with van der Waals surface area (Å²) in [6.07, 6.45) is 2.15. The molecule has 1 unspecified atom stereocenters. The van der Waals surface area contributed by atoms with Gasteiger partial charge < -0.3 is 10.6 Å². The van der Waals surface area contributed by atoms with E-state index in [-0.39, 0.29) is 18.7 Å². The van der Waals surface area contributed by atoms with Crippen LogP contribution in [0.2, 0.25) is 0 Å². The van der Waals surface area contributed by atoms with Crippen LogP contribution in [0.15, 0.2) is 36.5 Å². The van der Waals surface area contributed by atoms with Crippen LogP contribution in [0.1, 0.15) is 18.5 Å². The minimum atomic E-state index is -1.69. The van der Waals surface area contributed by atoms with Crippen molar-refractivity contribution in [2.75, 3.05) is 11.4 Å². The van der Waals surface area contributed by atoms with Gasteiger partial charge in [-0.05, 0) is 18.6 Å². The molecule has 1 aliphatic heterocycles. The molecule has 1 aliphatic rings. The lowest BCUT2D eigenvalue weighted by Crippen LogP contribution is -2.33. The average Bonchev–Trinajstić information content (AvgIpc) is 2.98. The molecular weight excluding hydrogens is 389 g/mol. The van der Waals surface area contributed by atoms with Crippen molar-refractivity contribution in [1.82, 2.24) is 15.6 Å². The largest absolute Gasteiger partial charge is 0.356 e. The lowest BCUT2D eigenvalue weighted by molar-refractivity contribution is -0.121. The van der Waals surface area contributed by atoms with Gasteiger partial charge in [0, 0.05) is 43.4 Å². The van der Waals surface area contributed by atoms with Crippen LogP contribution in [-0.4, -0.2) is 35.4 Å². The van der Waals surface area contributed by atoms with Crippen molar-refractivity contribution in [3.63, 3.8) is 0 Å². The van der Waals surface area contributed by atoms with Crippen molar-refractivity contribution in [2.24, 2.45) is 0 Å². The van der Waals surface area contributed by atoms with E-state index in [2.05, 4.69) is 15.6 Å². The molecule has 10 heteroatoms. The van der Waals surface area contributed by atoms with Crippen molar-refractivity contribution < 1.29 is 27.6 Å². The fourth-order valence-electron chi connectivity index (χ4n) is 2.88. The van der Waals surface area contributed by atoms with E-state index in [1.807, 2.05) is 12.1 Å². The number of carbonyl (C=O) groups is 3. The van der Waals surface area contributed by atoms with E-state index < -0.39 is 41.1 Å². The molecule has 0 saturated carbocycles. The van der Waals surface area contributed by atoms with Crippen molar-refractivity contribution in [3.8, 4) is 0 Å². The maximum atomic E-state index is 13.4. The Hall–Kier alpha value is -3.43. The van der Waals surface area contributed by atoms with Gasteiger partial charge in [0.05, 0.1) is 5.69 Å². The third kappa shape index (κ3) is 4.71. The Morgan fingerprint density at radius 1 is 1.17 bits per heavy atom. The summed E-state index contributed by atoms with van der Waals surface area (Å²) >= 11 is 0. The number of anilines is 1. The number of nitrogens with one attached hydrogen (secondary N) is 2. The number of amides is 4. The summed E-state index contributed by atoms with van der Waals surface area (Å²) in [5.41, 5.74) is 0.395. The number of rotatable bonds is 7. The zero-order valence-corrected chi connectivity index (χ0v) is 15.1. The first-order valence-corrected chi connectivity index (χ1v) is 8.82. The Kier molecular flexibility index (Phi) is 6.10. The summed E-state index contributed by atoms with van der Waals surface area (Å²) < 4.78 is 39.9. The normalized spacial score (nSPS) is 16.1. The summed E-state index contributed by atoms with van der Waals surface area (Å²) in [5.74, 6) is -5.82. The summed E-state index contributed by atoms with van der Waals surface area (Å²) in [6, 6.07) is 4.64. The van der Waals surface area contributed by atoms with Gasteiger partial charge in [-0.15, -0.1) is 0 Å². The molecule has 2 heterocycles. The Bertz CT molecular complexity index is 917. The number of urea groups is 1. The van der Waals surface area contributed by atoms with Crippen LogP contribution in [0, 0.1) is 17.5 Å². The highest BCUT2D eigenvalue weighted by Crippen LogP contribution is 2.25. The van der Waals surface area contributed by atoms with Gasteiger partial charge in [0.1, 0.15) is 6.04 Å². The van der Waals surface area contributed by atoms with E-state index in [1.54, 1.807) is 12.3 Å². The van der Waals surface area contributed by atoms with Crippen LogP contribution in [0.25, 0.3) is 0 Å². The van der Waals surface area contributed by atoms with E-state index in [0.29, 0.717) is 30.0 Å². The molecule has 2 N–H and O–H groups in total. The first-order chi connectivity index (χ1) is 13.9. The molecule has 4 amide bonds. The fraction of sp³-hybridized carbons (Fsp3) is 0.263. The Balaban J connectivity index is 1.53. The number of carbonyl (C=O) groups excluding carboxylic acids is 3. The third-order valence-electron chi connectivity index (χ3n) is 4.34. The van der Waals surface area contributed by atoms with E-state index in [4.69, 9.17) is 0 Å². The van der Waals surface area contributed by atoms with Crippen LogP contribution in [0.4, 0.5) is 23.7 Å². The summed E-state index contributed by atoms with van der Waals surface area (Å²) in [5, 5.41) is 5.04. The summed E-state index contributed by atoms with van der Waals surface area (Å²) in [7, 11) is 0. The van der Waals surface area contributed by atoms with E-state index in [1.165, 1.54) is 0 Å². The highest BCUT2D eigenvalue weighted by atomic mass is 19.2. The highest BCUT2D eigenvalue weighted by molar-refractivity contribution is 6.21. The molecular formula is C19H17F3N4O3. The molecule has 0 aliphatic carbocycles. The maximum absolute atomic E-state index is 13.4. The molecule has 0 spiro atoms. The number of pyridine rings is 1. The predicted octanol–water partition coefficient (Wildman–Crippen LogP) is 2.06. The number of imide groups is 1. The SMILES string of the molecule is O=C(CCC1NC(=O)N(c2cc(F)c(F)c(F)c2)C1=O)NCCc1ccccn1. The number of halogens is 3. The van der Waals surface area contributed by atoms with E-state index in [9.17, 15) is 27.6 Å². The van der Waals surface area contributed by atoms with Crippen LogP contribution >= 0.6 is 0 Å². The lowest BCUT2D eigenvalue weighted by atomic mass is 10.1. The van der Waals surface area contributed by atoms with Crippen LogP contribution in [-0.2, 0) is 16.0 Å². The highest BCUT2D eigenvalue weighted by Gasteiger charge is 2.39. The van der Waals surface area contributed by atoms with Gasteiger partial charge in [0.25, 0.3) is 5.91 Å². The molecule has 0 radical (unpaired) electrons. The quantitative estimate of drug-likeness (QED) is 0.544. The number of aromatic nitrogens is 1. The van der Waals surface area contributed by atoms with Gasteiger partial charge >= 0.3 is 6.03 Å². The minimum absolute atomic E-state index is 0.00263. The smallest absolute Gasteiger partial charge is 0.329 e. The maximum Gasteiger partial charge on any atom is 0.329 e. The minimum Gasteiger partial charge on any atom is -0.356 e. The van der Waals surface area contributed by atoms with Crippen LogP contribution in [0.3, 0.4) is 0 Å². The molecule has 1 atom stereocenters. The first-order valence-electron chi connectivity index (χ1n) is 8.82. The zero-order chi connectivity index (χ0) is 21.0. The predicted molar refractivity (Wildman–Crippen MR) is 96.3 cm³/mol. The molecule has 1 fully saturated rings. The van der Waals surface area contributed by atoms with Gasteiger partial charge in [0.2, 0.25) is 5.91 Å². The Morgan fingerprint density at radius 3 is 2.55 bits per heavy atom.